The molecule has 218 valence electrons. The van der Waals surface area contributed by atoms with E-state index in [4.69, 9.17) is 31.3 Å². The normalized spacial score (nSPS) is 19.5. The first-order valence-electron chi connectivity index (χ1n) is 14.3. The van der Waals surface area contributed by atoms with Gasteiger partial charge in [0.15, 0.2) is 0 Å². The summed E-state index contributed by atoms with van der Waals surface area (Å²) >= 11 is 0. The van der Waals surface area contributed by atoms with Crippen molar-refractivity contribution in [3.8, 4) is 0 Å². The highest BCUT2D eigenvalue weighted by Gasteiger charge is 2.54. The maximum absolute atomic E-state index is 13.2. The quantitative estimate of drug-likeness (QED) is 0.0841. The van der Waals surface area contributed by atoms with Gasteiger partial charge in [0.05, 0.1) is 12.6 Å². The first-order valence-corrected chi connectivity index (χ1v) is 18.1. The summed E-state index contributed by atoms with van der Waals surface area (Å²) in [6.45, 7) is 16.0. The van der Waals surface area contributed by atoms with E-state index in [0.29, 0.717) is 64.8 Å². The Labute approximate surface area is 231 Å². The van der Waals surface area contributed by atoms with Crippen LogP contribution in [-0.4, -0.2) is 87.3 Å². The average Bonchev–Trinajstić information content (AvgIpc) is 3.62. The van der Waals surface area contributed by atoms with Crippen LogP contribution in [0, 0.1) is 0 Å². The van der Waals surface area contributed by atoms with Crippen molar-refractivity contribution in [2.45, 2.75) is 78.6 Å². The van der Waals surface area contributed by atoms with E-state index in [1.165, 1.54) is 0 Å². The summed E-state index contributed by atoms with van der Waals surface area (Å²) in [5.41, 5.74) is 1.12. The fraction of sp³-hybridized carbons (Fsp3) is 0.741. The Balaban J connectivity index is 1.98. The third-order valence-electron chi connectivity index (χ3n) is 6.26. The maximum atomic E-state index is 13.2. The van der Waals surface area contributed by atoms with E-state index in [-0.39, 0.29) is 18.1 Å². The van der Waals surface area contributed by atoms with Gasteiger partial charge >= 0.3 is 23.6 Å². The van der Waals surface area contributed by atoms with Gasteiger partial charge in [-0.3, -0.25) is 9.69 Å². The SMILES string of the molecule is CCO[Si](CCCOC(=O)C1C(c2ccccc2)N1CCC[Si](OCC)(OCC)OCC)(OCC)OCC. The minimum Gasteiger partial charge on any atom is -0.464 e. The highest BCUT2D eigenvalue weighted by atomic mass is 28.4. The lowest BCUT2D eigenvalue weighted by atomic mass is 10.1. The van der Waals surface area contributed by atoms with Crippen LogP contribution in [0.3, 0.4) is 0 Å². The Kier molecular flexibility index (Phi) is 15.2. The van der Waals surface area contributed by atoms with Crippen LogP contribution in [0.1, 0.15) is 66.0 Å². The first-order chi connectivity index (χ1) is 18.4. The van der Waals surface area contributed by atoms with Crippen molar-refractivity contribution in [2.75, 3.05) is 52.8 Å². The number of carbonyl (C=O) groups excluding carboxylic acids is 1. The molecule has 0 bridgehead atoms. The zero-order chi connectivity index (χ0) is 27.9. The Morgan fingerprint density at radius 1 is 0.711 bits per heavy atom. The van der Waals surface area contributed by atoms with Gasteiger partial charge < -0.3 is 31.3 Å². The summed E-state index contributed by atoms with van der Waals surface area (Å²) in [5, 5.41) is 0. The highest BCUT2D eigenvalue weighted by Crippen LogP contribution is 2.44. The molecule has 38 heavy (non-hydrogen) atoms. The zero-order valence-corrected chi connectivity index (χ0v) is 26.2. The van der Waals surface area contributed by atoms with Crippen molar-refractivity contribution in [1.29, 1.82) is 0 Å². The van der Waals surface area contributed by atoms with E-state index >= 15 is 0 Å². The van der Waals surface area contributed by atoms with E-state index < -0.39 is 17.6 Å². The molecule has 0 amide bonds. The van der Waals surface area contributed by atoms with Gasteiger partial charge in [0, 0.05) is 51.7 Å². The van der Waals surface area contributed by atoms with Crippen LogP contribution in [0.4, 0.5) is 0 Å². The molecule has 1 fully saturated rings. The monoisotopic (exact) mass is 571 g/mol. The molecule has 1 aromatic carbocycles. The molecule has 0 aliphatic carbocycles. The van der Waals surface area contributed by atoms with Crippen LogP contribution in [0.25, 0.3) is 0 Å². The Morgan fingerprint density at radius 2 is 1.16 bits per heavy atom. The lowest BCUT2D eigenvalue weighted by molar-refractivity contribution is -0.144. The van der Waals surface area contributed by atoms with Crippen LogP contribution in [0.2, 0.25) is 12.1 Å². The van der Waals surface area contributed by atoms with Gasteiger partial charge in [-0.25, -0.2) is 0 Å². The smallest absolute Gasteiger partial charge is 0.464 e. The van der Waals surface area contributed by atoms with Gasteiger partial charge in [-0.1, -0.05) is 30.3 Å². The molecule has 1 aliphatic rings. The molecule has 11 heteroatoms. The van der Waals surface area contributed by atoms with Gasteiger partial charge in [0.1, 0.15) is 6.04 Å². The van der Waals surface area contributed by atoms with Crippen molar-refractivity contribution >= 4 is 23.6 Å². The number of hydrogen-bond donors (Lipinski definition) is 0. The summed E-state index contributed by atoms with van der Waals surface area (Å²) in [4.78, 5) is 15.4. The van der Waals surface area contributed by atoms with Crippen LogP contribution in [0.15, 0.2) is 30.3 Å². The van der Waals surface area contributed by atoms with Gasteiger partial charge in [-0.2, -0.15) is 0 Å². The second kappa shape index (κ2) is 17.5. The van der Waals surface area contributed by atoms with Gasteiger partial charge in [-0.05, 0) is 66.5 Å². The number of hydrogen-bond acceptors (Lipinski definition) is 9. The molecular formula is C27H49NO8Si2. The van der Waals surface area contributed by atoms with Gasteiger partial charge in [0.25, 0.3) is 0 Å². The second-order valence-electron chi connectivity index (χ2n) is 8.88. The molecule has 9 nitrogen and oxygen atoms in total. The molecule has 3 unspecified atom stereocenters. The number of carbonyl (C=O) groups is 1. The largest absolute Gasteiger partial charge is 0.501 e. The lowest BCUT2D eigenvalue weighted by Gasteiger charge is -2.28. The standard InChI is InChI=1S/C27H49NO8Si2/c1-7-31-37(32-8-2,33-9-3)22-16-20-28-25(24-18-14-13-15-19-24)26(28)27(29)30-21-17-23-38(34-10-4,35-11-5)36-12-6/h13-15,18-19,25-26H,7-12,16-17,20-23H2,1-6H3. The minimum absolute atomic E-state index is 0.00906. The molecule has 0 radical (unpaired) electrons. The Bertz CT molecular complexity index is 754. The Hall–Kier alpha value is -1.16. The van der Waals surface area contributed by atoms with Crippen molar-refractivity contribution in [3.05, 3.63) is 35.9 Å². The summed E-state index contributed by atoms with van der Waals surface area (Å²) in [5.74, 6) is -0.196. The average molecular weight is 572 g/mol. The summed E-state index contributed by atoms with van der Waals surface area (Å²) in [7, 11) is -5.47. The Morgan fingerprint density at radius 3 is 1.61 bits per heavy atom. The highest BCUT2D eigenvalue weighted by molar-refractivity contribution is 6.61. The van der Waals surface area contributed by atoms with E-state index in [2.05, 4.69) is 17.0 Å². The molecule has 1 aromatic rings. The molecular weight excluding hydrogens is 522 g/mol. The van der Waals surface area contributed by atoms with E-state index in [1.54, 1.807) is 0 Å². The van der Waals surface area contributed by atoms with Crippen molar-refractivity contribution in [3.63, 3.8) is 0 Å². The fourth-order valence-corrected chi connectivity index (χ4v) is 10.0. The van der Waals surface area contributed by atoms with Crippen molar-refractivity contribution in [1.82, 2.24) is 4.90 Å². The molecule has 1 heterocycles. The molecule has 0 saturated carbocycles. The van der Waals surface area contributed by atoms with E-state index in [0.717, 1.165) is 18.5 Å². The molecule has 1 aliphatic heterocycles. The molecule has 2 rings (SSSR count). The lowest BCUT2D eigenvalue weighted by Crippen LogP contribution is -2.46. The second-order valence-corrected chi connectivity index (χ2v) is 14.3. The summed E-state index contributed by atoms with van der Waals surface area (Å²) < 4.78 is 41.5. The van der Waals surface area contributed by atoms with Crippen molar-refractivity contribution < 1.29 is 36.1 Å². The molecule has 3 atom stereocenters. The van der Waals surface area contributed by atoms with E-state index in [1.807, 2.05) is 59.7 Å². The molecule has 0 N–H and O–H groups in total. The predicted octanol–water partition coefficient (Wildman–Crippen LogP) is 4.83. The molecule has 0 spiro atoms. The molecule has 1 saturated heterocycles. The first kappa shape index (κ1) is 33.1. The number of esters is 1. The van der Waals surface area contributed by atoms with Crippen LogP contribution in [0.5, 0.6) is 0 Å². The van der Waals surface area contributed by atoms with Crippen LogP contribution < -0.4 is 0 Å². The zero-order valence-electron chi connectivity index (χ0n) is 24.2. The van der Waals surface area contributed by atoms with Crippen LogP contribution >= 0.6 is 0 Å². The van der Waals surface area contributed by atoms with Gasteiger partial charge in [0.2, 0.25) is 0 Å². The van der Waals surface area contributed by atoms with Crippen LogP contribution in [-0.2, 0) is 36.1 Å². The van der Waals surface area contributed by atoms with Crippen molar-refractivity contribution in [2.24, 2.45) is 0 Å². The number of nitrogens with zero attached hydrogens (tertiary/aromatic N) is 1. The molecule has 0 aromatic heterocycles. The number of ether oxygens (including phenoxy) is 1. The maximum Gasteiger partial charge on any atom is 0.501 e. The van der Waals surface area contributed by atoms with Gasteiger partial charge in [-0.15, -0.1) is 0 Å². The summed E-state index contributed by atoms with van der Waals surface area (Å²) in [6.07, 6.45) is 1.44. The fourth-order valence-electron chi connectivity index (χ4n) is 4.87. The number of rotatable bonds is 22. The van der Waals surface area contributed by atoms with E-state index in [9.17, 15) is 4.79 Å². The predicted molar refractivity (Wildman–Crippen MR) is 151 cm³/mol. The third kappa shape index (κ3) is 9.79. The topological polar surface area (TPSA) is 84.7 Å². The third-order valence-corrected chi connectivity index (χ3v) is 12.6. The summed E-state index contributed by atoms with van der Waals surface area (Å²) in [6, 6.07) is 11.2. The minimum atomic E-state index is -2.75. The number of benzene rings is 1.